The van der Waals surface area contributed by atoms with Crippen LogP contribution in [0.25, 0.3) is 0 Å². The molecule has 2 N–H and O–H groups in total. The first-order chi connectivity index (χ1) is 8.61. The third kappa shape index (κ3) is 5.09. The summed E-state index contributed by atoms with van der Waals surface area (Å²) in [6, 6.07) is 1.17. The van der Waals surface area contributed by atoms with Crippen LogP contribution in [0, 0.1) is 5.92 Å². The van der Waals surface area contributed by atoms with E-state index in [2.05, 4.69) is 15.6 Å². The average Bonchev–Trinajstić information content (AvgIpc) is 3.19. The number of nitrogens with zero attached hydrogens (tertiary/aromatic N) is 1. The second kappa shape index (κ2) is 6.15. The molecule has 3 fully saturated rings. The van der Waals surface area contributed by atoms with E-state index in [1.165, 1.54) is 25.7 Å². The van der Waals surface area contributed by atoms with Crippen LogP contribution in [0.3, 0.4) is 0 Å². The molecule has 2 saturated carbocycles. The fourth-order valence-corrected chi connectivity index (χ4v) is 4.06. The summed E-state index contributed by atoms with van der Waals surface area (Å²) in [5.74, 6) is 1.77. The Morgan fingerprint density at radius 3 is 2.05 bits per heavy atom. The van der Waals surface area contributed by atoms with Gasteiger partial charge in [-0.15, -0.1) is 24.0 Å². The van der Waals surface area contributed by atoms with Crippen LogP contribution in [-0.2, 0) is 9.84 Å². The first-order valence-electron chi connectivity index (χ1n) is 6.89. The smallest absolute Gasteiger partial charge is 0.191 e. The monoisotopic (exact) mass is 399 g/mol. The van der Waals surface area contributed by atoms with Gasteiger partial charge in [0.25, 0.3) is 0 Å². The highest BCUT2D eigenvalue weighted by Crippen LogP contribution is 2.22. The van der Waals surface area contributed by atoms with Crippen LogP contribution in [0.4, 0.5) is 0 Å². The quantitative estimate of drug-likeness (QED) is 0.419. The van der Waals surface area contributed by atoms with Crippen molar-refractivity contribution in [2.75, 3.05) is 18.1 Å². The number of aliphatic imine (C=N–C) groups is 1. The molecule has 110 valence electrons. The molecule has 1 aliphatic heterocycles. The Bertz CT molecular complexity index is 428. The van der Waals surface area contributed by atoms with Gasteiger partial charge in [-0.05, 0) is 38.0 Å². The minimum absolute atomic E-state index is 0. The van der Waals surface area contributed by atoms with Crippen molar-refractivity contribution in [2.24, 2.45) is 10.9 Å². The minimum atomic E-state index is -2.77. The molecule has 3 rings (SSSR count). The van der Waals surface area contributed by atoms with E-state index in [9.17, 15) is 8.42 Å². The zero-order valence-corrected chi connectivity index (χ0v) is 14.1. The predicted molar refractivity (Wildman–Crippen MR) is 86.8 cm³/mol. The molecule has 3 aliphatic rings. The van der Waals surface area contributed by atoms with E-state index in [4.69, 9.17) is 0 Å². The van der Waals surface area contributed by atoms with Crippen molar-refractivity contribution in [3.63, 3.8) is 0 Å². The molecule has 1 unspecified atom stereocenters. The molecule has 0 bridgehead atoms. The lowest BCUT2D eigenvalue weighted by atomic mass is 10.1. The van der Waals surface area contributed by atoms with Crippen LogP contribution in [-0.4, -0.2) is 44.5 Å². The lowest BCUT2D eigenvalue weighted by molar-refractivity contribution is 0.589. The van der Waals surface area contributed by atoms with E-state index in [-0.39, 0.29) is 29.9 Å². The molecule has 0 aromatic rings. The maximum atomic E-state index is 11.4. The maximum Gasteiger partial charge on any atom is 0.191 e. The Morgan fingerprint density at radius 2 is 1.63 bits per heavy atom. The lowest BCUT2D eigenvalue weighted by Gasteiger charge is -2.12. The Kier molecular flexibility index (Phi) is 4.97. The zero-order chi connectivity index (χ0) is 12.6. The molecular weight excluding hydrogens is 377 g/mol. The summed E-state index contributed by atoms with van der Waals surface area (Å²) < 4.78 is 22.8. The van der Waals surface area contributed by atoms with Crippen LogP contribution < -0.4 is 10.6 Å². The van der Waals surface area contributed by atoms with Crippen molar-refractivity contribution in [1.29, 1.82) is 0 Å². The summed E-state index contributed by atoms with van der Waals surface area (Å²) in [4.78, 5) is 4.56. The molecule has 1 heterocycles. The van der Waals surface area contributed by atoms with Gasteiger partial charge in [0.15, 0.2) is 15.8 Å². The molecule has 5 nitrogen and oxygen atoms in total. The molecule has 0 radical (unpaired) electrons. The molecule has 2 aliphatic carbocycles. The second-order valence-electron chi connectivity index (χ2n) is 5.80. The molecule has 0 aromatic heterocycles. The van der Waals surface area contributed by atoms with Gasteiger partial charge in [0.2, 0.25) is 0 Å². The number of rotatable bonds is 4. The highest BCUT2D eigenvalue weighted by atomic mass is 127. The molecule has 0 aromatic carbocycles. The topological polar surface area (TPSA) is 70.6 Å². The van der Waals surface area contributed by atoms with Gasteiger partial charge in [-0.3, -0.25) is 4.99 Å². The molecule has 7 heteroatoms. The van der Waals surface area contributed by atoms with Crippen molar-refractivity contribution in [3.05, 3.63) is 0 Å². The number of hydrogen-bond donors (Lipinski definition) is 2. The van der Waals surface area contributed by atoms with Crippen LogP contribution in [0.2, 0.25) is 0 Å². The standard InChI is InChI=1S/C12H21N3O2S.HI/c16-18(17)6-5-9(8-18)7-13-12(14-10-1-2-10)15-11-3-4-11;/h9-11H,1-8H2,(H2,13,14,15);1H. The summed E-state index contributed by atoms with van der Waals surface area (Å²) in [7, 11) is -2.77. The van der Waals surface area contributed by atoms with E-state index in [1.54, 1.807) is 0 Å². The molecule has 0 spiro atoms. The van der Waals surface area contributed by atoms with Gasteiger partial charge in [0.1, 0.15) is 0 Å². The Balaban J connectivity index is 0.00000133. The van der Waals surface area contributed by atoms with Crippen molar-refractivity contribution in [3.8, 4) is 0 Å². The van der Waals surface area contributed by atoms with Crippen molar-refractivity contribution in [1.82, 2.24) is 10.6 Å². The molecule has 19 heavy (non-hydrogen) atoms. The van der Waals surface area contributed by atoms with E-state index < -0.39 is 9.84 Å². The number of hydrogen-bond acceptors (Lipinski definition) is 3. The van der Waals surface area contributed by atoms with Gasteiger partial charge in [-0.1, -0.05) is 0 Å². The van der Waals surface area contributed by atoms with E-state index in [0.717, 1.165) is 12.4 Å². The summed E-state index contributed by atoms with van der Waals surface area (Å²) in [6.07, 6.45) is 5.67. The summed E-state index contributed by atoms with van der Waals surface area (Å²) in [6.45, 7) is 0.633. The second-order valence-corrected chi connectivity index (χ2v) is 8.02. The van der Waals surface area contributed by atoms with Crippen LogP contribution in [0.5, 0.6) is 0 Å². The Labute approximate surface area is 132 Å². The highest BCUT2D eigenvalue weighted by molar-refractivity contribution is 14.0. The van der Waals surface area contributed by atoms with E-state index in [0.29, 0.717) is 30.1 Å². The largest absolute Gasteiger partial charge is 0.354 e. The summed E-state index contributed by atoms with van der Waals surface area (Å²) in [5, 5.41) is 6.79. The van der Waals surface area contributed by atoms with Gasteiger partial charge in [0.05, 0.1) is 11.5 Å². The van der Waals surface area contributed by atoms with Crippen molar-refractivity contribution >= 4 is 39.8 Å². The highest BCUT2D eigenvalue weighted by Gasteiger charge is 2.29. The zero-order valence-electron chi connectivity index (χ0n) is 11.0. The first-order valence-corrected chi connectivity index (χ1v) is 8.71. The van der Waals surface area contributed by atoms with E-state index in [1.807, 2.05) is 0 Å². The van der Waals surface area contributed by atoms with Crippen LogP contribution >= 0.6 is 24.0 Å². The predicted octanol–water partition coefficient (Wildman–Crippen LogP) is 0.899. The fraction of sp³-hybridized carbons (Fsp3) is 0.917. The third-order valence-corrected chi connectivity index (χ3v) is 5.51. The molecule has 0 amide bonds. The summed E-state index contributed by atoms with van der Waals surface area (Å²) >= 11 is 0. The van der Waals surface area contributed by atoms with Crippen molar-refractivity contribution < 1.29 is 8.42 Å². The third-order valence-electron chi connectivity index (χ3n) is 3.67. The summed E-state index contributed by atoms with van der Waals surface area (Å²) in [5.41, 5.74) is 0. The Morgan fingerprint density at radius 1 is 1.05 bits per heavy atom. The van der Waals surface area contributed by atoms with Gasteiger partial charge >= 0.3 is 0 Å². The lowest BCUT2D eigenvalue weighted by Crippen LogP contribution is -2.40. The fourth-order valence-electron chi connectivity index (χ4n) is 2.21. The number of sulfone groups is 1. The number of nitrogens with one attached hydrogen (secondary N) is 2. The molecule has 1 saturated heterocycles. The normalized spacial score (nSPS) is 28.3. The minimum Gasteiger partial charge on any atom is -0.354 e. The maximum absolute atomic E-state index is 11.4. The first kappa shape index (κ1) is 15.3. The van der Waals surface area contributed by atoms with Gasteiger partial charge in [0, 0.05) is 18.6 Å². The number of halogens is 1. The van der Waals surface area contributed by atoms with Crippen LogP contribution in [0.1, 0.15) is 32.1 Å². The Hall–Kier alpha value is -0.0500. The average molecular weight is 399 g/mol. The van der Waals surface area contributed by atoms with Gasteiger partial charge < -0.3 is 10.6 Å². The molecular formula is C12H22IN3O2S. The van der Waals surface area contributed by atoms with Crippen LogP contribution in [0.15, 0.2) is 4.99 Å². The van der Waals surface area contributed by atoms with Gasteiger partial charge in [-0.2, -0.15) is 0 Å². The number of guanidine groups is 1. The SMILES string of the molecule is I.O=S1(=O)CCC(CN=C(NC2CC2)NC2CC2)C1. The van der Waals surface area contributed by atoms with Gasteiger partial charge in [-0.25, -0.2) is 8.42 Å². The molecule has 1 atom stereocenters. The van der Waals surface area contributed by atoms with Crippen molar-refractivity contribution in [2.45, 2.75) is 44.2 Å². The van der Waals surface area contributed by atoms with E-state index >= 15 is 0 Å².